The van der Waals surface area contributed by atoms with Crippen LogP contribution < -0.4 is 5.32 Å². The van der Waals surface area contributed by atoms with Crippen molar-refractivity contribution in [2.24, 2.45) is 0 Å². The molecule has 21 heavy (non-hydrogen) atoms. The SMILES string of the molecule is CCC(C)n1nccc1NC(=O)c1cc(F)c(Cl)cc1Cl. The average molecular weight is 330 g/mol. The van der Waals surface area contributed by atoms with Gasteiger partial charge in [-0.05, 0) is 25.5 Å². The number of anilines is 1. The summed E-state index contributed by atoms with van der Waals surface area (Å²) in [6.45, 7) is 4.00. The third-order valence-electron chi connectivity index (χ3n) is 3.17. The topological polar surface area (TPSA) is 46.9 Å². The van der Waals surface area contributed by atoms with Crippen LogP contribution in [0.15, 0.2) is 24.4 Å². The van der Waals surface area contributed by atoms with Gasteiger partial charge in [-0.15, -0.1) is 0 Å². The normalized spacial score (nSPS) is 12.2. The highest BCUT2D eigenvalue weighted by molar-refractivity contribution is 6.37. The Kier molecular flexibility index (Phi) is 4.85. The van der Waals surface area contributed by atoms with Crippen LogP contribution in [0.4, 0.5) is 10.2 Å². The Labute approximate surface area is 131 Å². The van der Waals surface area contributed by atoms with Gasteiger partial charge in [0.25, 0.3) is 5.91 Å². The molecule has 0 fully saturated rings. The zero-order valence-electron chi connectivity index (χ0n) is 11.5. The first-order chi connectivity index (χ1) is 9.93. The molecule has 1 aromatic heterocycles. The molecule has 1 heterocycles. The molecule has 1 N–H and O–H groups in total. The average Bonchev–Trinajstić information content (AvgIpc) is 2.90. The third-order valence-corrected chi connectivity index (χ3v) is 3.78. The molecule has 4 nitrogen and oxygen atoms in total. The summed E-state index contributed by atoms with van der Waals surface area (Å²) in [6, 6.07) is 4.03. The van der Waals surface area contributed by atoms with E-state index in [0.29, 0.717) is 5.82 Å². The van der Waals surface area contributed by atoms with Gasteiger partial charge in [0.05, 0.1) is 27.8 Å². The number of benzene rings is 1. The van der Waals surface area contributed by atoms with Gasteiger partial charge in [-0.25, -0.2) is 9.07 Å². The van der Waals surface area contributed by atoms with Crippen LogP contribution in [0.3, 0.4) is 0 Å². The van der Waals surface area contributed by atoms with E-state index in [1.165, 1.54) is 6.07 Å². The van der Waals surface area contributed by atoms with Crippen LogP contribution in [0.2, 0.25) is 10.0 Å². The number of hydrogen-bond acceptors (Lipinski definition) is 2. The summed E-state index contributed by atoms with van der Waals surface area (Å²) in [5.74, 6) is -0.678. The molecule has 0 spiro atoms. The standard InChI is InChI=1S/C14H14Cl2FN3O/c1-3-8(2)20-13(4-5-18-20)19-14(21)9-6-12(17)11(16)7-10(9)15/h4-8H,3H2,1-2H3,(H,19,21). The highest BCUT2D eigenvalue weighted by atomic mass is 35.5. The van der Waals surface area contributed by atoms with Crippen molar-refractivity contribution in [2.45, 2.75) is 26.3 Å². The van der Waals surface area contributed by atoms with Crippen LogP contribution in [0.1, 0.15) is 36.7 Å². The molecule has 0 bridgehead atoms. The van der Waals surface area contributed by atoms with E-state index in [1.54, 1.807) is 16.9 Å². The largest absolute Gasteiger partial charge is 0.307 e. The summed E-state index contributed by atoms with van der Waals surface area (Å²) in [5, 5.41) is 6.81. The lowest BCUT2D eigenvalue weighted by Crippen LogP contribution is -2.18. The van der Waals surface area contributed by atoms with Crippen molar-refractivity contribution in [1.82, 2.24) is 9.78 Å². The summed E-state index contributed by atoms with van der Waals surface area (Å²) < 4.78 is 15.2. The number of nitrogens with zero attached hydrogens (tertiary/aromatic N) is 2. The lowest BCUT2D eigenvalue weighted by molar-refractivity contribution is 0.102. The van der Waals surface area contributed by atoms with Crippen molar-refractivity contribution in [1.29, 1.82) is 0 Å². The zero-order valence-corrected chi connectivity index (χ0v) is 13.0. The van der Waals surface area contributed by atoms with E-state index >= 15 is 0 Å². The number of hydrogen-bond donors (Lipinski definition) is 1. The van der Waals surface area contributed by atoms with Gasteiger partial charge in [0, 0.05) is 6.07 Å². The van der Waals surface area contributed by atoms with Gasteiger partial charge < -0.3 is 5.32 Å². The minimum atomic E-state index is -0.693. The van der Waals surface area contributed by atoms with E-state index in [9.17, 15) is 9.18 Å². The van der Waals surface area contributed by atoms with E-state index in [0.717, 1.165) is 12.5 Å². The van der Waals surface area contributed by atoms with Crippen LogP contribution in [0, 0.1) is 5.82 Å². The molecule has 1 aromatic carbocycles. The van der Waals surface area contributed by atoms with Crippen LogP contribution in [0.25, 0.3) is 0 Å². The highest BCUT2D eigenvalue weighted by Crippen LogP contribution is 2.25. The lowest BCUT2D eigenvalue weighted by Gasteiger charge is -2.14. The van der Waals surface area contributed by atoms with Gasteiger partial charge >= 0.3 is 0 Å². The maximum Gasteiger partial charge on any atom is 0.258 e. The molecule has 0 aliphatic carbocycles. The summed E-state index contributed by atoms with van der Waals surface area (Å²) in [4.78, 5) is 12.2. The Morgan fingerprint density at radius 3 is 2.81 bits per heavy atom. The molecule has 7 heteroatoms. The first-order valence-electron chi connectivity index (χ1n) is 6.43. The van der Waals surface area contributed by atoms with Gasteiger partial charge in [-0.1, -0.05) is 30.1 Å². The Morgan fingerprint density at radius 2 is 2.14 bits per heavy atom. The lowest BCUT2D eigenvalue weighted by atomic mass is 10.2. The van der Waals surface area contributed by atoms with E-state index < -0.39 is 11.7 Å². The molecular weight excluding hydrogens is 316 g/mol. The summed E-state index contributed by atoms with van der Waals surface area (Å²) in [5.41, 5.74) is 0.0236. The number of aromatic nitrogens is 2. The Morgan fingerprint density at radius 1 is 1.43 bits per heavy atom. The highest BCUT2D eigenvalue weighted by Gasteiger charge is 2.17. The molecule has 0 saturated carbocycles. The predicted molar refractivity (Wildman–Crippen MR) is 81.6 cm³/mol. The third kappa shape index (κ3) is 3.36. The fourth-order valence-corrected chi connectivity index (χ4v) is 2.29. The van der Waals surface area contributed by atoms with E-state index in [1.807, 2.05) is 13.8 Å². The number of amides is 1. The number of carbonyl (C=O) groups excluding carboxylic acids is 1. The molecule has 0 radical (unpaired) electrons. The monoisotopic (exact) mass is 329 g/mol. The Hall–Kier alpha value is -1.59. The van der Waals surface area contributed by atoms with E-state index in [4.69, 9.17) is 23.2 Å². The molecule has 1 unspecified atom stereocenters. The number of nitrogens with one attached hydrogen (secondary N) is 1. The second-order valence-electron chi connectivity index (χ2n) is 4.62. The van der Waals surface area contributed by atoms with Crippen molar-refractivity contribution in [3.05, 3.63) is 45.8 Å². The van der Waals surface area contributed by atoms with Crippen molar-refractivity contribution in [3.63, 3.8) is 0 Å². The number of halogens is 3. The van der Waals surface area contributed by atoms with Crippen molar-refractivity contribution in [3.8, 4) is 0 Å². The molecule has 0 aliphatic heterocycles. The van der Waals surface area contributed by atoms with Gasteiger partial charge in [-0.2, -0.15) is 5.10 Å². The van der Waals surface area contributed by atoms with Gasteiger partial charge in [0.1, 0.15) is 11.6 Å². The molecule has 2 aromatic rings. The number of rotatable bonds is 4. The summed E-state index contributed by atoms with van der Waals surface area (Å²) >= 11 is 11.5. The Balaban J connectivity index is 2.27. The maximum atomic E-state index is 13.5. The van der Waals surface area contributed by atoms with Crippen molar-refractivity contribution >= 4 is 34.9 Å². The molecule has 0 saturated heterocycles. The smallest absolute Gasteiger partial charge is 0.258 e. The minimum absolute atomic E-state index is 0.0236. The van der Waals surface area contributed by atoms with Gasteiger partial charge in [0.15, 0.2) is 0 Å². The molecule has 1 atom stereocenters. The predicted octanol–water partition coefficient (Wildman–Crippen LogP) is 4.55. The fourth-order valence-electron chi connectivity index (χ4n) is 1.82. The van der Waals surface area contributed by atoms with Crippen LogP contribution in [-0.4, -0.2) is 15.7 Å². The molecule has 1 amide bonds. The zero-order chi connectivity index (χ0) is 15.6. The number of carbonyl (C=O) groups is 1. The second-order valence-corrected chi connectivity index (χ2v) is 5.43. The quantitative estimate of drug-likeness (QED) is 0.836. The fraction of sp³-hybridized carbons (Fsp3) is 0.286. The van der Waals surface area contributed by atoms with Crippen LogP contribution in [0.5, 0.6) is 0 Å². The second kappa shape index (κ2) is 6.45. The van der Waals surface area contributed by atoms with Gasteiger partial charge in [0.2, 0.25) is 0 Å². The van der Waals surface area contributed by atoms with Gasteiger partial charge in [-0.3, -0.25) is 4.79 Å². The molecule has 112 valence electrons. The van der Waals surface area contributed by atoms with Crippen molar-refractivity contribution in [2.75, 3.05) is 5.32 Å². The van der Waals surface area contributed by atoms with Crippen LogP contribution >= 0.6 is 23.2 Å². The summed E-state index contributed by atoms with van der Waals surface area (Å²) in [6.07, 6.45) is 2.45. The maximum absolute atomic E-state index is 13.5. The molecular formula is C14H14Cl2FN3O. The minimum Gasteiger partial charge on any atom is -0.307 e. The summed E-state index contributed by atoms with van der Waals surface area (Å²) in [7, 11) is 0. The first kappa shape index (κ1) is 15.8. The molecule has 2 rings (SSSR count). The van der Waals surface area contributed by atoms with Crippen molar-refractivity contribution < 1.29 is 9.18 Å². The Bertz CT molecular complexity index is 672. The van der Waals surface area contributed by atoms with Crippen LogP contribution in [-0.2, 0) is 0 Å². The van der Waals surface area contributed by atoms with E-state index in [2.05, 4.69) is 10.4 Å². The van der Waals surface area contributed by atoms with E-state index in [-0.39, 0.29) is 21.7 Å². The first-order valence-corrected chi connectivity index (χ1v) is 7.19. The molecule has 0 aliphatic rings.